The van der Waals surface area contributed by atoms with Crippen LogP contribution >= 0.6 is 11.6 Å². The van der Waals surface area contributed by atoms with Gasteiger partial charge in [-0.05, 0) is 24.1 Å². The van der Waals surface area contributed by atoms with E-state index in [9.17, 15) is 4.79 Å². The van der Waals surface area contributed by atoms with Crippen molar-refractivity contribution in [3.05, 3.63) is 34.9 Å². The van der Waals surface area contributed by atoms with Crippen LogP contribution in [0.15, 0.2) is 24.3 Å². The SMILES string of the molecule is NC(=O)CN1CCC1c1ccc(Cl)cc1. The number of amides is 1. The Labute approximate surface area is 93.8 Å². The summed E-state index contributed by atoms with van der Waals surface area (Å²) in [6.45, 7) is 1.28. The predicted octanol–water partition coefficient (Wildman–Crippen LogP) is 1.57. The quantitative estimate of drug-likeness (QED) is 0.847. The molecule has 0 saturated carbocycles. The maximum absolute atomic E-state index is 10.8. The number of benzene rings is 1. The Morgan fingerprint density at radius 1 is 1.47 bits per heavy atom. The molecule has 1 aromatic rings. The van der Waals surface area contributed by atoms with E-state index in [0.29, 0.717) is 12.6 Å². The van der Waals surface area contributed by atoms with E-state index < -0.39 is 0 Å². The van der Waals surface area contributed by atoms with Gasteiger partial charge in [0.2, 0.25) is 5.91 Å². The summed E-state index contributed by atoms with van der Waals surface area (Å²) in [5, 5.41) is 0.736. The first-order valence-corrected chi connectivity index (χ1v) is 5.32. The lowest BCUT2D eigenvalue weighted by Gasteiger charge is -2.40. The molecule has 1 aliphatic rings. The van der Waals surface area contributed by atoms with Gasteiger partial charge in [0, 0.05) is 17.6 Å². The van der Waals surface area contributed by atoms with Crippen LogP contribution in [0.3, 0.4) is 0 Å². The van der Waals surface area contributed by atoms with Gasteiger partial charge in [-0.3, -0.25) is 9.69 Å². The van der Waals surface area contributed by atoms with Crippen molar-refractivity contribution >= 4 is 17.5 Å². The van der Waals surface area contributed by atoms with E-state index in [4.69, 9.17) is 17.3 Å². The fourth-order valence-electron chi connectivity index (χ4n) is 1.89. The molecule has 80 valence electrons. The molecule has 1 heterocycles. The predicted molar refractivity (Wildman–Crippen MR) is 59.6 cm³/mol. The molecule has 1 saturated heterocycles. The van der Waals surface area contributed by atoms with E-state index in [0.717, 1.165) is 18.0 Å². The average Bonchev–Trinajstić information content (AvgIpc) is 2.16. The lowest BCUT2D eigenvalue weighted by Crippen LogP contribution is -2.45. The Kier molecular flexibility index (Phi) is 2.93. The van der Waals surface area contributed by atoms with Crippen molar-refractivity contribution in [1.29, 1.82) is 0 Å². The number of halogens is 1. The highest BCUT2D eigenvalue weighted by Crippen LogP contribution is 2.32. The summed E-state index contributed by atoms with van der Waals surface area (Å²) < 4.78 is 0. The molecular formula is C11H13ClN2O. The molecule has 0 aliphatic carbocycles. The molecule has 0 spiro atoms. The lowest BCUT2D eigenvalue weighted by atomic mass is 9.95. The van der Waals surface area contributed by atoms with Crippen LogP contribution in [0.4, 0.5) is 0 Å². The van der Waals surface area contributed by atoms with Gasteiger partial charge in [-0.2, -0.15) is 0 Å². The Balaban J connectivity index is 2.05. The third kappa shape index (κ3) is 2.30. The van der Waals surface area contributed by atoms with Crippen LogP contribution in [-0.4, -0.2) is 23.9 Å². The summed E-state index contributed by atoms with van der Waals surface area (Å²) in [6.07, 6.45) is 1.08. The molecule has 3 nitrogen and oxygen atoms in total. The van der Waals surface area contributed by atoms with Gasteiger partial charge in [-0.15, -0.1) is 0 Å². The van der Waals surface area contributed by atoms with E-state index >= 15 is 0 Å². The average molecular weight is 225 g/mol. The standard InChI is InChI=1S/C11H13ClN2O/c12-9-3-1-8(2-4-9)10-5-6-14(10)7-11(13)15/h1-4,10H,5-7H2,(H2,13,15). The largest absolute Gasteiger partial charge is 0.369 e. The number of carbonyl (C=O) groups excluding carboxylic acids is 1. The van der Waals surface area contributed by atoms with E-state index in [2.05, 4.69) is 4.90 Å². The molecule has 2 N–H and O–H groups in total. The fourth-order valence-corrected chi connectivity index (χ4v) is 2.02. The first-order chi connectivity index (χ1) is 7.16. The highest BCUT2D eigenvalue weighted by molar-refractivity contribution is 6.30. The van der Waals surface area contributed by atoms with E-state index in [-0.39, 0.29) is 5.91 Å². The van der Waals surface area contributed by atoms with Gasteiger partial charge in [0.1, 0.15) is 0 Å². The second-order valence-electron chi connectivity index (χ2n) is 3.79. The van der Waals surface area contributed by atoms with Gasteiger partial charge in [0.05, 0.1) is 6.54 Å². The van der Waals surface area contributed by atoms with E-state index in [1.807, 2.05) is 24.3 Å². The Hall–Kier alpha value is -1.06. The molecule has 0 aromatic heterocycles. The van der Waals surface area contributed by atoms with Crippen LogP contribution in [0.1, 0.15) is 18.0 Å². The Morgan fingerprint density at radius 3 is 2.60 bits per heavy atom. The van der Waals surface area contributed by atoms with Gasteiger partial charge < -0.3 is 5.73 Å². The number of likely N-dealkylation sites (tertiary alicyclic amines) is 1. The topological polar surface area (TPSA) is 46.3 Å². The maximum atomic E-state index is 10.8. The molecule has 1 amide bonds. The highest BCUT2D eigenvalue weighted by atomic mass is 35.5. The fraction of sp³-hybridized carbons (Fsp3) is 0.364. The van der Waals surface area contributed by atoms with Crippen molar-refractivity contribution in [2.45, 2.75) is 12.5 Å². The van der Waals surface area contributed by atoms with Gasteiger partial charge in [0.25, 0.3) is 0 Å². The van der Waals surface area contributed by atoms with Gasteiger partial charge in [-0.25, -0.2) is 0 Å². The first-order valence-electron chi connectivity index (χ1n) is 4.94. The number of nitrogens with two attached hydrogens (primary N) is 1. The Morgan fingerprint density at radius 2 is 2.13 bits per heavy atom. The minimum Gasteiger partial charge on any atom is -0.369 e. The van der Waals surface area contributed by atoms with Crippen LogP contribution < -0.4 is 5.73 Å². The summed E-state index contributed by atoms with van der Waals surface area (Å²) in [4.78, 5) is 12.9. The van der Waals surface area contributed by atoms with Crippen molar-refractivity contribution in [3.63, 3.8) is 0 Å². The number of hydrogen-bond donors (Lipinski definition) is 1. The molecule has 1 unspecified atom stereocenters. The van der Waals surface area contributed by atoms with Crippen LogP contribution in [0.25, 0.3) is 0 Å². The lowest BCUT2D eigenvalue weighted by molar-refractivity contribution is -0.121. The van der Waals surface area contributed by atoms with Crippen molar-refractivity contribution in [2.24, 2.45) is 5.73 Å². The number of rotatable bonds is 3. The van der Waals surface area contributed by atoms with Crippen LogP contribution in [0.2, 0.25) is 5.02 Å². The number of carbonyl (C=O) groups is 1. The molecule has 0 radical (unpaired) electrons. The second-order valence-corrected chi connectivity index (χ2v) is 4.23. The molecule has 1 atom stereocenters. The van der Waals surface area contributed by atoms with Crippen LogP contribution in [0.5, 0.6) is 0 Å². The summed E-state index contributed by atoms with van der Waals surface area (Å²) >= 11 is 5.81. The summed E-state index contributed by atoms with van der Waals surface area (Å²) in [7, 11) is 0. The summed E-state index contributed by atoms with van der Waals surface area (Å²) in [5.41, 5.74) is 6.37. The summed E-state index contributed by atoms with van der Waals surface area (Å²) in [5.74, 6) is -0.270. The van der Waals surface area contributed by atoms with Crippen molar-refractivity contribution in [1.82, 2.24) is 4.90 Å². The highest BCUT2D eigenvalue weighted by Gasteiger charge is 2.29. The molecule has 15 heavy (non-hydrogen) atoms. The van der Waals surface area contributed by atoms with Crippen molar-refractivity contribution in [2.75, 3.05) is 13.1 Å². The number of nitrogens with zero attached hydrogens (tertiary/aromatic N) is 1. The molecule has 1 aliphatic heterocycles. The summed E-state index contributed by atoms with van der Waals surface area (Å²) in [6, 6.07) is 8.07. The van der Waals surface area contributed by atoms with Crippen molar-refractivity contribution < 1.29 is 4.79 Å². The first kappa shape index (κ1) is 10.5. The third-order valence-electron chi connectivity index (χ3n) is 2.74. The second kappa shape index (κ2) is 4.21. The molecule has 4 heteroatoms. The zero-order chi connectivity index (χ0) is 10.8. The number of primary amides is 1. The normalized spacial score (nSPS) is 21.0. The van der Waals surface area contributed by atoms with Crippen LogP contribution in [0, 0.1) is 0 Å². The smallest absolute Gasteiger partial charge is 0.231 e. The van der Waals surface area contributed by atoms with Crippen LogP contribution in [-0.2, 0) is 4.79 Å². The molecule has 0 bridgehead atoms. The van der Waals surface area contributed by atoms with E-state index in [1.165, 1.54) is 5.56 Å². The van der Waals surface area contributed by atoms with Gasteiger partial charge in [0.15, 0.2) is 0 Å². The van der Waals surface area contributed by atoms with Gasteiger partial charge >= 0.3 is 0 Å². The molecular weight excluding hydrogens is 212 g/mol. The van der Waals surface area contributed by atoms with Gasteiger partial charge in [-0.1, -0.05) is 23.7 Å². The minimum absolute atomic E-state index is 0.270. The number of hydrogen-bond acceptors (Lipinski definition) is 2. The zero-order valence-electron chi connectivity index (χ0n) is 8.32. The third-order valence-corrected chi connectivity index (χ3v) is 3.00. The maximum Gasteiger partial charge on any atom is 0.231 e. The molecule has 1 aromatic carbocycles. The Bertz CT molecular complexity index is 363. The van der Waals surface area contributed by atoms with E-state index in [1.54, 1.807) is 0 Å². The monoisotopic (exact) mass is 224 g/mol. The molecule has 2 rings (SSSR count). The molecule has 1 fully saturated rings. The van der Waals surface area contributed by atoms with Crippen molar-refractivity contribution in [3.8, 4) is 0 Å². The zero-order valence-corrected chi connectivity index (χ0v) is 9.07. The minimum atomic E-state index is -0.270.